The number of thioether (sulfide) groups is 1. The number of hydrogen-bond acceptors (Lipinski definition) is 3. The fraction of sp³-hybridized carbons (Fsp3) is 0.500. The summed E-state index contributed by atoms with van der Waals surface area (Å²) < 4.78 is 1.90. The fourth-order valence-electron chi connectivity index (χ4n) is 2.46. The Morgan fingerprint density at radius 1 is 1.12 bits per heavy atom. The summed E-state index contributed by atoms with van der Waals surface area (Å²) in [5.74, 6) is 1.57. The lowest BCUT2D eigenvalue weighted by atomic mass is 9.92. The highest BCUT2D eigenvalue weighted by atomic mass is 32.2. The number of benzene rings is 1. The molecular weight excluding hydrogens is 330 g/mol. The number of carbonyl (C=O) groups excluding carboxylic acids is 1. The average molecular weight is 360 g/mol. The van der Waals surface area contributed by atoms with Gasteiger partial charge in [0.15, 0.2) is 0 Å². The summed E-state index contributed by atoms with van der Waals surface area (Å²) in [7, 11) is 0. The van der Waals surface area contributed by atoms with Gasteiger partial charge in [0.1, 0.15) is 5.82 Å². The Bertz CT molecular complexity index is 734. The van der Waals surface area contributed by atoms with E-state index in [9.17, 15) is 4.79 Å². The van der Waals surface area contributed by atoms with Crippen LogP contribution in [0.25, 0.3) is 0 Å². The molecular formula is C20H29N3OS. The summed E-state index contributed by atoms with van der Waals surface area (Å²) in [4.78, 5) is 12.7. The molecule has 1 aromatic carbocycles. The van der Waals surface area contributed by atoms with Gasteiger partial charge in [-0.1, -0.05) is 32.9 Å². The number of amides is 1. The molecule has 0 saturated carbocycles. The van der Waals surface area contributed by atoms with Crippen LogP contribution in [0.3, 0.4) is 0 Å². The first-order valence-electron chi connectivity index (χ1n) is 8.52. The second-order valence-corrected chi connectivity index (χ2v) is 9.20. The van der Waals surface area contributed by atoms with E-state index in [1.54, 1.807) is 11.8 Å². The van der Waals surface area contributed by atoms with E-state index in [1.165, 1.54) is 5.56 Å². The van der Waals surface area contributed by atoms with Crippen LogP contribution in [0.5, 0.6) is 0 Å². The van der Waals surface area contributed by atoms with Crippen LogP contribution in [0, 0.1) is 0 Å². The average Bonchev–Trinajstić information content (AvgIpc) is 2.92. The Balaban J connectivity index is 2.29. The van der Waals surface area contributed by atoms with Crippen LogP contribution in [-0.4, -0.2) is 21.9 Å². The molecule has 0 aliphatic rings. The summed E-state index contributed by atoms with van der Waals surface area (Å²) in [5.41, 5.74) is 2.56. The predicted molar refractivity (Wildman–Crippen MR) is 108 cm³/mol. The van der Waals surface area contributed by atoms with E-state index in [-0.39, 0.29) is 16.9 Å². The van der Waals surface area contributed by atoms with Crippen LogP contribution in [-0.2, 0) is 16.7 Å². The summed E-state index contributed by atoms with van der Waals surface area (Å²) >= 11 is 1.77. The van der Waals surface area contributed by atoms with Crippen LogP contribution >= 0.6 is 11.8 Å². The van der Waals surface area contributed by atoms with E-state index < -0.39 is 0 Å². The van der Waals surface area contributed by atoms with Crippen molar-refractivity contribution >= 4 is 23.5 Å². The molecule has 4 nitrogen and oxygen atoms in total. The Kier molecular flexibility index (Phi) is 5.67. The Morgan fingerprint density at radius 2 is 1.72 bits per heavy atom. The molecule has 0 radical (unpaired) electrons. The quantitative estimate of drug-likeness (QED) is 0.831. The lowest BCUT2D eigenvalue weighted by Gasteiger charge is -2.23. The van der Waals surface area contributed by atoms with Gasteiger partial charge >= 0.3 is 0 Å². The molecule has 0 unspecified atom stereocenters. The van der Waals surface area contributed by atoms with Gasteiger partial charge in [0.25, 0.3) is 5.91 Å². The molecule has 25 heavy (non-hydrogen) atoms. The van der Waals surface area contributed by atoms with E-state index >= 15 is 0 Å². The van der Waals surface area contributed by atoms with Crippen molar-refractivity contribution in [1.82, 2.24) is 9.78 Å². The molecule has 0 spiro atoms. The summed E-state index contributed by atoms with van der Waals surface area (Å²) in [6.07, 6.45) is 2.07. The number of rotatable bonds is 4. The van der Waals surface area contributed by atoms with Crippen LogP contribution in [0.2, 0.25) is 0 Å². The minimum absolute atomic E-state index is 0.0740. The predicted octanol–water partition coefficient (Wildman–Crippen LogP) is 5.05. The number of nitrogens with one attached hydrogen (secondary N) is 1. The summed E-state index contributed by atoms with van der Waals surface area (Å²) in [6.45, 7) is 12.6. The first kappa shape index (κ1) is 19.6. The zero-order chi connectivity index (χ0) is 18.8. The van der Waals surface area contributed by atoms with Gasteiger partial charge in [0, 0.05) is 22.8 Å². The van der Waals surface area contributed by atoms with Gasteiger partial charge in [0.05, 0.1) is 11.2 Å². The molecule has 0 bridgehead atoms. The SMILES string of the molecule is CSCc1ccc(C(=O)Nc2cc(C(C)(C)C)nn2C(C)(C)C)cc1. The Labute approximate surface area is 155 Å². The maximum atomic E-state index is 12.7. The van der Waals surface area contributed by atoms with E-state index in [0.717, 1.165) is 17.3 Å². The largest absolute Gasteiger partial charge is 0.307 e. The van der Waals surface area contributed by atoms with E-state index in [0.29, 0.717) is 5.56 Å². The molecule has 136 valence electrons. The molecule has 2 rings (SSSR count). The first-order chi connectivity index (χ1) is 11.5. The van der Waals surface area contributed by atoms with Crippen molar-refractivity contribution in [3.05, 3.63) is 47.2 Å². The molecule has 1 amide bonds. The van der Waals surface area contributed by atoms with Crippen LogP contribution < -0.4 is 5.32 Å². The molecule has 2 aromatic rings. The van der Waals surface area contributed by atoms with Crippen LogP contribution in [0.1, 0.15) is 63.2 Å². The molecule has 0 aliphatic heterocycles. The molecule has 0 saturated heterocycles. The third-order valence-corrected chi connectivity index (χ3v) is 4.50. The van der Waals surface area contributed by atoms with Gasteiger partial charge in [-0.25, -0.2) is 4.68 Å². The highest BCUT2D eigenvalue weighted by Gasteiger charge is 2.25. The second kappa shape index (κ2) is 7.24. The van der Waals surface area contributed by atoms with Crippen molar-refractivity contribution in [3.8, 4) is 0 Å². The molecule has 0 aliphatic carbocycles. The minimum Gasteiger partial charge on any atom is -0.307 e. The normalized spacial score (nSPS) is 12.3. The number of nitrogens with zero attached hydrogens (tertiary/aromatic N) is 2. The smallest absolute Gasteiger partial charge is 0.256 e. The van der Waals surface area contributed by atoms with Gasteiger partial charge in [-0.05, 0) is 44.7 Å². The van der Waals surface area contributed by atoms with Gasteiger partial charge in [0.2, 0.25) is 0 Å². The van der Waals surface area contributed by atoms with Crippen molar-refractivity contribution in [3.63, 3.8) is 0 Å². The molecule has 1 N–H and O–H groups in total. The molecule has 5 heteroatoms. The highest BCUT2D eigenvalue weighted by molar-refractivity contribution is 7.97. The molecule has 0 fully saturated rings. The topological polar surface area (TPSA) is 46.9 Å². The summed E-state index contributed by atoms with van der Waals surface area (Å²) in [6, 6.07) is 9.75. The number of aromatic nitrogens is 2. The van der Waals surface area contributed by atoms with Gasteiger partial charge < -0.3 is 5.32 Å². The zero-order valence-corrected chi connectivity index (χ0v) is 17.1. The molecule has 1 heterocycles. The Morgan fingerprint density at radius 3 is 2.20 bits per heavy atom. The third-order valence-electron chi connectivity index (χ3n) is 3.88. The highest BCUT2D eigenvalue weighted by Crippen LogP contribution is 2.28. The first-order valence-corrected chi connectivity index (χ1v) is 9.92. The van der Waals surface area contributed by atoms with Gasteiger partial charge in [-0.15, -0.1) is 0 Å². The lowest BCUT2D eigenvalue weighted by molar-refractivity contribution is 0.102. The third kappa shape index (κ3) is 4.88. The van der Waals surface area contributed by atoms with Crippen molar-refractivity contribution in [2.45, 2.75) is 58.2 Å². The zero-order valence-electron chi connectivity index (χ0n) is 16.3. The Hall–Kier alpha value is -1.75. The molecule has 1 aromatic heterocycles. The molecule has 0 atom stereocenters. The van der Waals surface area contributed by atoms with Crippen molar-refractivity contribution < 1.29 is 4.79 Å². The standard InChI is InChI=1S/C20H29N3OS/c1-19(2,3)16-12-17(23(22-16)20(4,5)6)21-18(24)15-10-8-14(9-11-15)13-25-7/h8-12H,13H2,1-7H3,(H,21,24). The number of hydrogen-bond donors (Lipinski definition) is 1. The van der Waals surface area contributed by atoms with Crippen molar-refractivity contribution in [2.24, 2.45) is 0 Å². The van der Waals surface area contributed by atoms with E-state index in [1.807, 2.05) is 35.0 Å². The number of anilines is 1. The van der Waals surface area contributed by atoms with Gasteiger partial charge in [-0.3, -0.25) is 4.79 Å². The van der Waals surface area contributed by atoms with Crippen molar-refractivity contribution in [1.29, 1.82) is 0 Å². The van der Waals surface area contributed by atoms with E-state index in [2.05, 4.69) is 53.1 Å². The maximum Gasteiger partial charge on any atom is 0.256 e. The van der Waals surface area contributed by atoms with Crippen LogP contribution in [0.15, 0.2) is 30.3 Å². The maximum absolute atomic E-state index is 12.7. The van der Waals surface area contributed by atoms with Gasteiger partial charge in [-0.2, -0.15) is 16.9 Å². The summed E-state index contributed by atoms with van der Waals surface area (Å²) in [5, 5.41) is 7.77. The minimum atomic E-state index is -0.214. The van der Waals surface area contributed by atoms with E-state index in [4.69, 9.17) is 5.10 Å². The van der Waals surface area contributed by atoms with Crippen molar-refractivity contribution in [2.75, 3.05) is 11.6 Å². The number of carbonyl (C=O) groups is 1. The lowest BCUT2D eigenvalue weighted by Crippen LogP contribution is -2.27. The monoisotopic (exact) mass is 359 g/mol. The second-order valence-electron chi connectivity index (χ2n) is 8.33. The fourth-order valence-corrected chi connectivity index (χ4v) is 2.98. The van der Waals surface area contributed by atoms with Crippen LogP contribution in [0.4, 0.5) is 5.82 Å².